The summed E-state index contributed by atoms with van der Waals surface area (Å²) < 4.78 is 0. The zero-order valence-corrected chi connectivity index (χ0v) is 33.5. The van der Waals surface area contributed by atoms with E-state index in [1.807, 2.05) is 84.9 Å². The number of nitrogens with zero attached hydrogens (tertiary/aromatic N) is 8. The van der Waals surface area contributed by atoms with Crippen LogP contribution in [0, 0.1) is 0 Å². The summed E-state index contributed by atoms with van der Waals surface area (Å²) >= 11 is 0. The van der Waals surface area contributed by atoms with Crippen molar-refractivity contribution in [1.82, 2.24) is 30.0 Å². The largest absolute Gasteiger partial charge is 0.310 e. The van der Waals surface area contributed by atoms with Crippen molar-refractivity contribution in [3.05, 3.63) is 231 Å². The van der Waals surface area contributed by atoms with Crippen LogP contribution in [0.1, 0.15) is 0 Å². The summed E-state index contributed by atoms with van der Waals surface area (Å²) in [5.41, 5.74) is 16.0. The molecule has 294 valence electrons. The van der Waals surface area contributed by atoms with Crippen molar-refractivity contribution in [2.24, 2.45) is 0 Å². The van der Waals surface area contributed by atoms with Crippen molar-refractivity contribution < 1.29 is 0 Å². The Labute approximate surface area is 358 Å². The number of rotatable bonds is 10. The molecule has 0 radical (unpaired) electrons. The summed E-state index contributed by atoms with van der Waals surface area (Å²) in [5.74, 6) is 0. The first kappa shape index (κ1) is 36.5. The molecule has 0 aliphatic heterocycles. The van der Waals surface area contributed by atoms with Crippen LogP contribution in [-0.2, 0) is 0 Å². The minimum Gasteiger partial charge on any atom is -0.310 e. The lowest BCUT2D eigenvalue weighted by molar-refractivity contribution is 0.765. The Kier molecular flexibility index (Phi) is 9.33. The van der Waals surface area contributed by atoms with Gasteiger partial charge >= 0.3 is 0 Å². The van der Waals surface area contributed by atoms with Crippen LogP contribution in [0.2, 0.25) is 0 Å². The molecule has 2 heterocycles. The molecule has 8 heteroatoms. The fraction of sp³-hybridized carbons (Fsp3) is 0. The van der Waals surface area contributed by atoms with Crippen LogP contribution in [-0.4, -0.2) is 30.0 Å². The lowest BCUT2D eigenvalue weighted by Crippen LogP contribution is -2.09. The molecule has 62 heavy (non-hydrogen) atoms. The lowest BCUT2D eigenvalue weighted by atomic mass is 9.98. The predicted octanol–water partition coefficient (Wildman–Crippen LogP) is 13.4. The smallest absolute Gasteiger partial charge is 0.115 e. The molecule has 0 aliphatic carbocycles. The van der Waals surface area contributed by atoms with Crippen LogP contribution in [0.5, 0.6) is 0 Å². The number of benzene rings is 9. The third-order valence-electron chi connectivity index (χ3n) is 11.0. The average Bonchev–Trinajstić information content (AvgIpc) is 3.98. The van der Waals surface area contributed by atoms with Crippen LogP contribution in [0.4, 0.5) is 34.1 Å². The van der Waals surface area contributed by atoms with Gasteiger partial charge < -0.3 is 9.80 Å². The van der Waals surface area contributed by atoms with Crippen molar-refractivity contribution in [3.8, 4) is 33.6 Å². The standard InChI is InChI=1S/C54H38N8/c1-5-16-43(17-6-1)59(49-32-34-51-53(37-49)57-61(55-51)47-20-9-3-10-21-47)45-28-24-39(25-29-45)41-14-13-15-42(36-41)40-26-30-46(31-27-40)60(44-18-7-2-8-19-44)50-33-35-52-54(38-50)58-62(56-52)48-22-11-4-12-23-48/h1-38H. The molecule has 11 aromatic rings. The van der Waals surface area contributed by atoms with Gasteiger partial charge in [0, 0.05) is 34.1 Å². The Bertz CT molecular complexity index is 3050. The molecule has 2 aromatic heterocycles. The third kappa shape index (κ3) is 7.12. The Morgan fingerprint density at radius 1 is 0.242 bits per heavy atom. The van der Waals surface area contributed by atoms with Gasteiger partial charge in [-0.1, -0.05) is 115 Å². The van der Waals surface area contributed by atoms with Crippen LogP contribution in [0.15, 0.2) is 231 Å². The van der Waals surface area contributed by atoms with Crippen molar-refractivity contribution in [2.45, 2.75) is 0 Å². The van der Waals surface area contributed by atoms with E-state index in [0.29, 0.717) is 0 Å². The highest BCUT2D eigenvalue weighted by atomic mass is 15.5. The highest BCUT2D eigenvalue weighted by molar-refractivity contribution is 5.87. The molecule has 0 bridgehead atoms. The van der Waals surface area contributed by atoms with E-state index in [-0.39, 0.29) is 0 Å². The molecule has 0 atom stereocenters. The fourth-order valence-electron chi connectivity index (χ4n) is 7.97. The van der Waals surface area contributed by atoms with Gasteiger partial charge in [0.05, 0.1) is 11.4 Å². The van der Waals surface area contributed by atoms with E-state index >= 15 is 0 Å². The molecule has 0 saturated carbocycles. The van der Waals surface area contributed by atoms with Gasteiger partial charge in [0.15, 0.2) is 0 Å². The number of aromatic nitrogens is 6. The van der Waals surface area contributed by atoms with Crippen molar-refractivity contribution >= 4 is 56.2 Å². The highest BCUT2D eigenvalue weighted by Gasteiger charge is 2.17. The van der Waals surface area contributed by atoms with Gasteiger partial charge in [-0.2, -0.15) is 9.59 Å². The van der Waals surface area contributed by atoms with E-state index in [2.05, 4.69) is 155 Å². The molecular formula is C54H38N8. The van der Waals surface area contributed by atoms with Gasteiger partial charge in [0.2, 0.25) is 0 Å². The number of hydrogen-bond acceptors (Lipinski definition) is 6. The van der Waals surface area contributed by atoms with Crippen LogP contribution in [0.3, 0.4) is 0 Å². The highest BCUT2D eigenvalue weighted by Crippen LogP contribution is 2.39. The van der Waals surface area contributed by atoms with Gasteiger partial charge in [-0.25, -0.2) is 0 Å². The maximum atomic E-state index is 4.83. The molecule has 0 fully saturated rings. The summed E-state index contributed by atoms with van der Waals surface area (Å²) in [6.45, 7) is 0. The van der Waals surface area contributed by atoms with Gasteiger partial charge in [-0.3, -0.25) is 0 Å². The number of hydrogen-bond donors (Lipinski definition) is 0. The molecule has 11 rings (SSSR count). The average molecular weight is 799 g/mol. The summed E-state index contributed by atoms with van der Waals surface area (Å²) in [6, 6.07) is 79.7. The van der Waals surface area contributed by atoms with Crippen molar-refractivity contribution in [3.63, 3.8) is 0 Å². The molecule has 9 aromatic carbocycles. The molecule has 0 aliphatic rings. The van der Waals surface area contributed by atoms with E-state index < -0.39 is 0 Å². The summed E-state index contributed by atoms with van der Waals surface area (Å²) in [5, 5.41) is 19.1. The molecular weight excluding hydrogens is 761 g/mol. The second kappa shape index (κ2) is 15.9. The molecule has 0 unspecified atom stereocenters. The number of fused-ring (bicyclic) bond motifs is 2. The first-order chi connectivity index (χ1) is 30.7. The van der Waals surface area contributed by atoms with Crippen LogP contribution < -0.4 is 9.80 Å². The zero-order chi connectivity index (χ0) is 41.2. The number of para-hydroxylation sites is 4. The molecule has 0 N–H and O–H groups in total. The SMILES string of the molecule is c1ccc(N(c2ccc(-c3cccc(-c4ccc(N(c5ccccc5)c5ccc6nn(-c7ccccc7)nc6c5)cc4)c3)cc2)c2ccc3nn(-c4ccccc4)nc3c2)cc1. The Morgan fingerprint density at radius 2 is 0.581 bits per heavy atom. The number of anilines is 6. The zero-order valence-electron chi connectivity index (χ0n) is 33.5. The summed E-state index contributed by atoms with van der Waals surface area (Å²) in [6.07, 6.45) is 0. The van der Waals surface area contributed by atoms with Crippen molar-refractivity contribution in [2.75, 3.05) is 9.80 Å². The second-order valence-corrected chi connectivity index (χ2v) is 15.0. The Hall–Kier alpha value is -8.62. The van der Waals surface area contributed by atoms with Gasteiger partial charge in [0.25, 0.3) is 0 Å². The van der Waals surface area contributed by atoms with Crippen LogP contribution in [0.25, 0.3) is 55.7 Å². The lowest BCUT2D eigenvalue weighted by Gasteiger charge is -2.25. The van der Waals surface area contributed by atoms with Crippen LogP contribution >= 0.6 is 0 Å². The monoisotopic (exact) mass is 798 g/mol. The van der Waals surface area contributed by atoms with E-state index in [9.17, 15) is 0 Å². The Balaban J connectivity index is 0.879. The quantitative estimate of drug-likeness (QED) is 0.137. The van der Waals surface area contributed by atoms with E-state index in [1.165, 1.54) is 0 Å². The minimum atomic E-state index is 0.827. The molecule has 0 amide bonds. The van der Waals surface area contributed by atoms with E-state index in [0.717, 1.165) is 89.8 Å². The fourth-order valence-corrected chi connectivity index (χ4v) is 7.97. The van der Waals surface area contributed by atoms with E-state index in [1.54, 1.807) is 9.59 Å². The molecule has 0 spiro atoms. The summed E-state index contributed by atoms with van der Waals surface area (Å²) in [7, 11) is 0. The third-order valence-corrected chi connectivity index (χ3v) is 11.0. The maximum Gasteiger partial charge on any atom is 0.115 e. The molecule has 8 nitrogen and oxygen atoms in total. The predicted molar refractivity (Wildman–Crippen MR) is 252 cm³/mol. The maximum absolute atomic E-state index is 4.83. The van der Waals surface area contributed by atoms with E-state index in [4.69, 9.17) is 20.4 Å². The molecule has 0 saturated heterocycles. The minimum absolute atomic E-state index is 0.827. The topological polar surface area (TPSA) is 67.9 Å². The Morgan fingerprint density at radius 3 is 0.984 bits per heavy atom. The van der Waals surface area contributed by atoms with Gasteiger partial charge in [-0.05, 0) is 138 Å². The first-order valence-electron chi connectivity index (χ1n) is 20.6. The normalized spacial score (nSPS) is 11.2. The van der Waals surface area contributed by atoms with Gasteiger partial charge in [0.1, 0.15) is 22.1 Å². The van der Waals surface area contributed by atoms with Crippen molar-refractivity contribution in [1.29, 1.82) is 0 Å². The summed E-state index contributed by atoms with van der Waals surface area (Å²) in [4.78, 5) is 7.91. The second-order valence-electron chi connectivity index (χ2n) is 15.0. The van der Waals surface area contributed by atoms with Gasteiger partial charge in [-0.15, -0.1) is 20.4 Å². The first-order valence-corrected chi connectivity index (χ1v) is 20.6.